The number of carbonyl (C=O) groups excluding carboxylic acids is 1. The number of hydrogen-bond donors (Lipinski definition) is 0. The lowest BCUT2D eigenvalue weighted by atomic mass is 10.00. The van der Waals surface area contributed by atoms with Gasteiger partial charge in [-0.2, -0.15) is 11.8 Å². The van der Waals surface area contributed by atoms with E-state index in [1.807, 2.05) is 0 Å². The number of nitrogens with zero attached hydrogens (tertiary/aromatic N) is 1. The molecule has 0 spiro atoms. The van der Waals surface area contributed by atoms with Crippen LogP contribution in [-0.4, -0.2) is 40.8 Å². The summed E-state index contributed by atoms with van der Waals surface area (Å²) in [6.45, 7) is 3.20. The van der Waals surface area contributed by atoms with Crippen LogP contribution >= 0.6 is 11.8 Å². The molecule has 0 aromatic rings. The van der Waals surface area contributed by atoms with Crippen LogP contribution in [0.4, 0.5) is 0 Å². The molecule has 74 valence electrons. The number of carbonyl (C=O) groups is 1. The highest BCUT2D eigenvalue weighted by Gasteiger charge is 2.30. The Labute approximate surface area is 84.1 Å². The highest BCUT2D eigenvalue weighted by Crippen LogP contribution is 2.27. The van der Waals surface area contributed by atoms with Crippen LogP contribution in [0.15, 0.2) is 0 Å². The van der Waals surface area contributed by atoms with Gasteiger partial charge in [0, 0.05) is 37.2 Å². The fourth-order valence-electron chi connectivity index (χ4n) is 2.35. The quantitative estimate of drug-likeness (QED) is 0.639. The van der Waals surface area contributed by atoms with Crippen LogP contribution in [0.25, 0.3) is 0 Å². The van der Waals surface area contributed by atoms with Crippen LogP contribution < -0.4 is 0 Å². The molecule has 0 N–H and O–H groups in total. The van der Waals surface area contributed by atoms with Crippen molar-refractivity contribution in [3.05, 3.63) is 0 Å². The van der Waals surface area contributed by atoms with Crippen molar-refractivity contribution in [2.75, 3.05) is 18.1 Å². The van der Waals surface area contributed by atoms with E-state index in [0.717, 1.165) is 25.4 Å². The van der Waals surface area contributed by atoms with E-state index in [0.29, 0.717) is 11.8 Å². The van der Waals surface area contributed by atoms with Gasteiger partial charge in [0.15, 0.2) is 0 Å². The van der Waals surface area contributed by atoms with Gasteiger partial charge in [0.2, 0.25) is 0 Å². The maximum Gasteiger partial charge on any atom is 0.135 e. The first-order valence-electron chi connectivity index (χ1n) is 5.12. The van der Waals surface area contributed by atoms with Gasteiger partial charge >= 0.3 is 0 Å². The van der Waals surface area contributed by atoms with Crippen molar-refractivity contribution < 1.29 is 4.79 Å². The van der Waals surface area contributed by atoms with Crippen LogP contribution in [0, 0.1) is 0 Å². The largest absolute Gasteiger partial charge is 0.300 e. The van der Waals surface area contributed by atoms with Crippen molar-refractivity contribution in [1.82, 2.24) is 4.90 Å². The van der Waals surface area contributed by atoms with Crippen molar-refractivity contribution in [2.45, 2.75) is 38.3 Å². The van der Waals surface area contributed by atoms with Crippen molar-refractivity contribution >= 4 is 17.5 Å². The molecule has 0 saturated carbocycles. The van der Waals surface area contributed by atoms with Crippen LogP contribution in [0.5, 0.6) is 0 Å². The summed E-state index contributed by atoms with van der Waals surface area (Å²) in [6, 6.07) is 1.25. The zero-order chi connectivity index (χ0) is 9.26. The predicted octanol–water partition coefficient (Wildman–Crippen LogP) is 1.55. The van der Waals surface area contributed by atoms with Crippen LogP contribution in [0.2, 0.25) is 0 Å². The molecule has 2 heterocycles. The Balaban J connectivity index is 1.94. The first-order chi connectivity index (χ1) is 6.27. The predicted molar refractivity (Wildman–Crippen MR) is 56.1 cm³/mol. The molecule has 0 aromatic carbocycles. The molecular formula is C10H17NOS. The molecule has 0 radical (unpaired) electrons. The van der Waals surface area contributed by atoms with Gasteiger partial charge < -0.3 is 0 Å². The number of thioether (sulfide) groups is 1. The second-order valence-electron chi connectivity index (χ2n) is 4.10. The zero-order valence-corrected chi connectivity index (χ0v) is 8.98. The van der Waals surface area contributed by atoms with E-state index in [4.69, 9.17) is 0 Å². The average Bonchev–Trinajstić information content (AvgIpc) is 2.56. The molecule has 2 saturated heterocycles. The van der Waals surface area contributed by atoms with Crippen molar-refractivity contribution in [2.24, 2.45) is 0 Å². The van der Waals surface area contributed by atoms with Crippen molar-refractivity contribution in [3.8, 4) is 0 Å². The Morgan fingerprint density at radius 2 is 2.38 bits per heavy atom. The number of hydrogen-bond acceptors (Lipinski definition) is 3. The molecule has 2 rings (SSSR count). The summed E-state index contributed by atoms with van der Waals surface area (Å²) >= 11 is 2.05. The topological polar surface area (TPSA) is 20.3 Å². The lowest BCUT2D eigenvalue weighted by molar-refractivity contribution is -0.123. The normalized spacial score (nSPS) is 36.8. The number of ketones is 1. The molecule has 0 bridgehead atoms. The van der Waals surface area contributed by atoms with E-state index in [1.165, 1.54) is 17.9 Å². The highest BCUT2D eigenvalue weighted by atomic mass is 32.2. The molecule has 0 amide bonds. The maximum absolute atomic E-state index is 11.2. The van der Waals surface area contributed by atoms with Gasteiger partial charge in [-0.15, -0.1) is 0 Å². The summed E-state index contributed by atoms with van der Waals surface area (Å²) in [5.74, 6) is 3.04. The minimum absolute atomic E-state index is 0.453. The number of Topliss-reactive ketones (excluding diaryl/α,β-unsaturated/α-hetero) is 1. The maximum atomic E-state index is 11.2. The molecule has 0 aromatic heterocycles. The fourth-order valence-corrected chi connectivity index (χ4v) is 3.58. The third kappa shape index (κ3) is 2.08. The second kappa shape index (κ2) is 4.01. The summed E-state index contributed by atoms with van der Waals surface area (Å²) in [5, 5.41) is 0. The minimum Gasteiger partial charge on any atom is -0.300 e. The molecule has 2 aliphatic rings. The van der Waals surface area contributed by atoms with E-state index in [1.54, 1.807) is 0 Å². The third-order valence-corrected chi connectivity index (χ3v) is 4.26. The van der Waals surface area contributed by atoms with Crippen molar-refractivity contribution in [1.29, 1.82) is 0 Å². The van der Waals surface area contributed by atoms with Crippen molar-refractivity contribution in [3.63, 3.8) is 0 Å². The molecule has 2 fully saturated rings. The molecule has 0 aliphatic carbocycles. The summed E-state index contributed by atoms with van der Waals surface area (Å²) in [4.78, 5) is 13.7. The Kier molecular flexibility index (Phi) is 2.94. The van der Waals surface area contributed by atoms with E-state index >= 15 is 0 Å². The fraction of sp³-hybridized carbons (Fsp3) is 0.900. The first-order valence-corrected chi connectivity index (χ1v) is 6.28. The molecule has 2 atom stereocenters. The molecule has 2 nitrogen and oxygen atoms in total. The number of rotatable bonds is 1. The van der Waals surface area contributed by atoms with Gasteiger partial charge in [-0.25, -0.2) is 0 Å². The summed E-state index contributed by atoms with van der Waals surface area (Å²) in [5.41, 5.74) is 0. The van der Waals surface area contributed by atoms with Crippen LogP contribution in [0.1, 0.15) is 26.2 Å². The molecule has 13 heavy (non-hydrogen) atoms. The average molecular weight is 199 g/mol. The zero-order valence-electron chi connectivity index (χ0n) is 8.16. The Morgan fingerprint density at radius 1 is 1.54 bits per heavy atom. The molecule has 2 unspecified atom stereocenters. The Bertz CT molecular complexity index is 201. The monoisotopic (exact) mass is 199 g/mol. The van der Waals surface area contributed by atoms with Gasteiger partial charge in [-0.1, -0.05) is 0 Å². The van der Waals surface area contributed by atoms with Gasteiger partial charge in [-0.3, -0.25) is 9.69 Å². The SMILES string of the molecule is CC1CC(=O)CCN1C1CCSC1. The van der Waals surface area contributed by atoms with Crippen LogP contribution in [0.3, 0.4) is 0 Å². The molecule has 2 aliphatic heterocycles. The minimum atomic E-state index is 0.453. The summed E-state index contributed by atoms with van der Waals surface area (Å²) in [6.07, 6.45) is 2.88. The van der Waals surface area contributed by atoms with Gasteiger partial charge in [0.05, 0.1) is 0 Å². The van der Waals surface area contributed by atoms with Gasteiger partial charge in [0.1, 0.15) is 5.78 Å². The van der Waals surface area contributed by atoms with E-state index in [2.05, 4.69) is 23.6 Å². The summed E-state index contributed by atoms with van der Waals surface area (Å²) < 4.78 is 0. The third-order valence-electron chi connectivity index (χ3n) is 3.11. The van der Waals surface area contributed by atoms with Gasteiger partial charge in [-0.05, 0) is 19.1 Å². The first kappa shape index (κ1) is 9.53. The van der Waals surface area contributed by atoms with E-state index < -0.39 is 0 Å². The van der Waals surface area contributed by atoms with Gasteiger partial charge in [0.25, 0.3) is 0 Å². The Hall–Kier alpha value is -0.0200. The standard InChI is InChI=1S/C10H17NOS/c1-8-6-10(12)2-4-11(8)9-3-5-13-7-9/h8-9H,2-7H2,1H3. The van der Waals surface area contributed by atoms with Crippen LogP contribution in [-0.2, 0) is 4.79 Å². The molecule has 3 heteroatoms. The second-order valence-corrected chi connectivity index (χ2v) is 5.25. The molecular weight excluding hydrogens is 182 g/mol. The lowest BCUT2D eigenvalue weighted by Gasteiger charge is -2.36. The summed E-state index contributed by atoms with van der Waals surface area (Å²) in [7, 11) is 0. The Morgan fingerprint density at radius 3 is 3.00 bits per heavy atom. The highest BCUT2D eigenvalue weighted by molar-refractivity contribution is 7.99. The number of piperidine rings is 1. The smallest absolute Gasteiger partial charge is 0.135 e. The van der Waals surface area contributed by atoms with E-state index in [-0.39, 0.29) is 0 Å². The lowest BCUT2D eigenvalue weighted by Crippen LogP contribution is -2.47. The number of likely N-dealkylation sites (tertiary alicyclic amines) is 1. The van der Waals surface area contributed by atoms with E-state index in [9.17, 15) is 4.79 Å².